The van der Waals surface area contributed by atoms with E-state index < -0.39 is 0 Å². The van der Waals surface area contributed by atoms with Crippen LogP contribution in [0.25, 0.3) is 5.70 Å². The van der Waals surface area contributed by atoms with Crippen LogP contribution in [0.15, 0.2) is 48.5 Å². The van der Waals surface area contributed by atoms with E-state index in [4.69, 9.17) is 27.9 Å². The summed E-state index contributed by atoms with van der Waals surface area (Å²) < 4.78 is 6.98. The molecule has 2 heterocycles. The van der Waals surface area contributed by atoms with Crippen molar-refractivity contribution < 1.29 is 4.74 Å². The Morgan fingerprint density at radius 2 is 2.00 bits per heavy atom. The largest absolute Gasteiger partial charge is 0.497 e. The lowest BCUT2D eigenvalue weighted by atomic mass is 10.0. The molecular formula is C17H13Cl2N5O. The zero-order valence-electron chi connectivity index (χ0n) is 13.1. The van der Waals surface area contributed by atoms with E-state index in [1.807, 2.05) is 42.5 Å². The summed E-state index contributed by atoms with van der Waals surface area (Å²) in [6, 6.07) is 13.0. The summed E-state index contributed by atoms with van der Waals surface area (Å²) in [7, 11) is 1.64. The van der Waals surface area contributed by atoms with Gasteiger partial charge in [-0.15, -0.1) is 0 Å². The number of hydrogen-bond donors (Lipinski definition) is 1. The lowest BCUT2D eigenvalue weighted by Gasteiger charge is -2.24. The summed E-state index contributed by atoms with van der Waals surface area (Å²) in [5, 5.41) is 16.1. The number of nitrogens with one attached hydrogen (secondary N) is 1. The van der Waals surface area contributed by atoms with Gasteiger partial charge >= 0.3 is 0 Å². The second-order valence-electron chi connectivity index (χ2n) is 5.47. The van der Waals surface area contributed by atoms with Gasteiger partial charge in [-0.3, -0.25) is 0 Å². The number of nitrogens with zero attached hydrogens (tertiary/aromatic N) is 4. The van der Waals surface area contributed by atoms with Gasteiger partial charge in [-0.1, -0.05) is 52.6 Å². The molecule has 1 atom stereocenters. The van der Waals surface area contributed by atoms with Crippen molar-refractivity contribution in [3.63, 3.8) is 0 Å². The van der Waals surface area contributed by atoms with Gasteiger partial charge in [0.25, 0.3) is 0 Å². The molecule has 0 saturated carbocycles. The van der Waals surface area contributed by atoms with Crippen LogP contribution in [0.3, 0.4) is 0 Å². The normalized spacial score (nSPS) is 16.0. The number of anilines is 1. The van der Waals surface area contributed by atoms with E-state index in [0.717, 1.165) is 22.6 Å². The summed E-state index contributed by atoms with van der Waals surface area (Å²) in [5.74, 6) is 1.30. The lowest BCUT2D eigenvalue weighted by molar-refractivity contribution is 0.414. The number of rotatable bonds is 3. The molecule has 4 rings (SSSR count). The molecule has 25 heavy (non-hydrogen) atoms. The number of methoxy groups -OCH3 is 1. The molecule has 126 valence electrons. The Bertz CT molecular complexity index is 969. The van der Waals surface area contributed by atoms with Gasteiger partial charge in [0.2, 0.25) is 5.95 Å². The number of fused-ring (bicyclic) bond motifs is 1. The molecule has 1 aliphatic heterocycles. The first-order valence-corrected chi connectivity index (χ1v) is 8.28. The number of hydrogen-bond acceptors (Lipinski definition) is 5. The topological polar surface area (TPSA) is 64.9 Å². The fourth-order valence-electron chi connectivity index (χ4n) is 2.78. The van der Waals surface area contributed by atoms with Crippen molar-refractivity contribution in [1.82, 2.24) is 20.2 Å². The Kier molecular flexibility index (Phi) is 4.07. The molecule has 1 aromatic heterocycles. The highest BCUT2D eigenvalue weighted by Crippen LogP contribution is 2.37. The van der Waals surface area contributed by atoms with Crippen molar-refractivity contribution >= 4 is 34.8 Å². The third-order valence-corrected chi connectivity index (χ3v) is 4.84. The standard InChI is InChI=1S/C17H13Cl2N5O/c1-25-11-5-2-4-10(8-11)14-9-15(24-17(20-14)21-22-23-24)12-6-3-7-13(18)16(12)19/h2-9,15H,1H3,(H,20,21,23)/t15-/m0/s1. The summed E-state index contributed by atoms with van der Waals surface area (Å²) >= 11 is 12.6. The molecule has 0 amide bonds. The number of ether oxygens (including phenoxy) is 1. The van der Waals surface area contributed by atoms with Crippen LogP contribution in [0.4, 0.5) is 5.95 Å². The second kappa shape index (κ2) is 6.38. The van der Waals surface area contributed by atoms with E-state index in [9.17, 15) is 0 Å². The molecule has 8 heteroatoms. The number of tetrazole rings is 1. The minimum absolute atomic E-state index is 0.279. The maximum absolute atomic E-state index is 6.42. The number of benzene rings is 2. The van der Waals surface area contributed by atoms with Crippen molar-refractivity contribution in [3.05, 3.63) is 69.7 Å². The van der Waals surface area contributed by atoms with Gasteiger partial charge in [0, 0.05) is 16.8 Å². The number of halogens is 2. The van der Waals surface area contributed by atoms with Crippen LogP contribution in [0, 0.1) is 0 Å². The van der Waals surface area contributed by atoms with Crippen molar-refractivity contribution in [1.29, 1.82) is 0 Å². The molecule has 0 saturated heterocycles. The SMILES string of the molecule is COc1cccc(C2=C[C@@H](c3cccc(Cl)c3Cl)n3nnnc3N2)c1. The van der Waals surface area contributed by atoms with Gasteiger partial charge in [0.15, 0.2) is 0 Å². The smallest absolute Gasteiger partial charge is 0.248 e. The van der Waals surface area contributed by atoms with Crippen LogP contribution in [0.5, 0.6) is 5.75 Å². The van der Waals surface area contributed by atoms with Gasteiger partial charge in [-0.05, 0) is 34.7 Å². The van der Waals surface area contributed by atoms with Crippen molar-refractivity contribution in [3.8, 4) is 5.75 Å². The molecule has 6 nitrogen and oxygen atoms in total. The Morgan fingerprint density at radius 1 is 1.16 bits per heavy atom. The molecule has 1 N–H and O–H groups in total. The zero-order valence-corrected chi connectivity index (χ0v) is 14.7. The molecule has 3 aromatic rings. The minimum Gasteiger partial charge on any atom is -0.497 e. The van der Waals surface area contributed by atoms with Crippen molar-refractivity contribution in [2.75, 3.05) is 12.4 Å². The molecule has 0 aliphatic carbocycles. The highest BCUT2D eigenvalue weighted by Gasteiger charge is 2.26. The first-order valence-electron chi connectivity index (χ1n) is 7.52. The minimum atomic E-state index is -0.279. The maximum atomic E-state index is 6.42. The molecular weight excluding hydrogens is 361 g/mol. The zero-order chi connectivity index (χ0) is 17.4. The lowest BCUT2D eigenvalue weighted by Crippen LogP contribution is -2.20. The monoisotopic (exact) mass is 373 g/mol. The quantitative estimate of drug-likeness (QED) is 0.750. The molecule has 0 spiro atoms. The van der Waals surface area contributed by atoms with Gasteiger partial charge in [0.05, 0.1) is 17.2 Å². The van der Waals surface area contributed by atoms with Crippen LogP contribution in [0.1, 0.15) is 17.2 Å². The van der Waals surface area contributed by atoms with Crippen molar-refractivity contribution in [2.45, 2.75) is 6.04 Å². The van der Waals surface area contributed by atoms with E-state index in [2.05, 4.69) is 20.8 Å². The van der Waals surface area contributed by atoms with Crippen LogP contribution in [0.2, 0.25) is 10.0 Å². The summed E-state index contributed by atoms with van der Waals surface area (Å²) in [6.07, 6.45) is 2.01. The Balaban J connectivity index is 1.85. The molecule has 1 aliphatic rings. The fraction of sp³-hybridized carbons (Fsp3) is 0.118. The summed E-state index contributed by atoms with van der Waals surface area (Å²) in [4.78, 5) is 0. The maximum Gasteiger partial charge on any atom is 0.248 e. The average molecular weight is 374 g/mol. The van der Waals surface area contributed by atoms with E-state index >= 15 is 0 Å². The molecule has 0 bridgehead atoms. The van der Waals surface area contributed by atoms with Gasteiger partial charge in [-0.25, -0.2) is 0 Å². The fourth-order valence-corrected chi connectivity index (χ4v) is 3.20. The molecule has 0 unspecified atom stereocenters. The number of allylic oxidation sites excluding steroid dienone is 1. The third kappa shape index (κ3) is 2.83. The van der Waals surface area contributed by atoms with Crippen molar-refractivity contribution in [2.24, 2.45) is 0 Å². The Hall–Kier alpha value is -2.57. The van der Waals surface area contributed by atoms with Gasteiger partial charge < -0.3 is 10.1 Å². The molecule has 2 aromatic carbocycles. The first-order chi connectivity index (χ1) is 12.2. The van der Waals surface area contributed by atoms with Gasteiger partial charge in [0.1, 0.15) is 11.8 Å². The van der Waals surface area contributed by atoms with Crippen LogP contribution >= 0.6 is 23.2 Å². The summed E-state index contributed by atoms with van der Waals surface area (Å²) in [5.41, 5.74) is 2.64. The van der Waals surface area contributed by atoms with Crippen LogP contribution in [-0.2, 0) is 0 Å². The van der Waals surface area contributed by atoms with Crippen LogP contribution < -0.4 is 10.1 Å². The van der Waals surface area contributed by atoms with E-state index in [0.29, 0.717) is 16.0 Å². The predicted molar refractivity (Wildman–Crippen MR) is 97.0 cm³/mol. The van der Waals surface area contributed by atoms with E-state index in [-0.39, 0.29) is 6.04 Å². The highest BCUT2D eigenvalue weighted by molar-refractivity contribution is 6.42. The predicted octanol–water partition coefficient (Wildman–Crippen LogP) is 4.04. The summed E-state index contributed by atoms with van der Waals surface area (Å²) in [6.45, 7) is 0. The Labute approximate surface area is 154 Å². The average Bonchev–Trinajstić information content (AvgIpc) is 3.12. The van der Waals surface area contributed by atoms with E-state index in [1.165, 1.54) is 0 Å². The second-order valence-corrected chi connectivity index (χ2v) is 6.26. The Morgan fingerprint density at radius 3 is 2.84 bits per heavy atom. The molecule has 0 fully saturated rings. The molecule has 0 radical (unpaired) electrons. The third-order valence-electron chi connectivity index (χ3n) is 4.01. The number of aromatic nitrogens is 4. The first kappa shape index (κ1) is 15.9. The van der Waals surface area contributed by atoms with Crippen LogP contribution in [-0.4, -0.2) is 27.3 Å². The highest BCUT2D eigenvalue weighted by atomic mass is 35.5. The van der Waals surface area contributed by atoms with E-state index in [1.54, 1.807) is 17.9 Å². The van der Waals surface area contributed by atoms with Gasteiger partial charge in [-0.2, -0.15) is 4.68 Å².